The number of methoxy groups -OCH3 is 1. The number of anilines is 1. The number of carbonyl (C=O) groups is 1. The van der Waals surface area contributed by atoms with Crippen LogP contribution in [0.2, 0.25) is 0 Å². The van der Waals surface area contributed by atoms with Gasteiger partial charge in [-0.05, 0) is 12.1 Å². The molecular weight excluding hydrogens is 209 g/mol. The second-order valence-electron chi connectivity index (χ2n) is 2.41. The Kier molecular flexibility index (Phi) is 5.64. The highest BCUT2D eigenvalue weighted by Crippen LogP contribution is 2.11. The molecule has 0 aliphatic heterocycles. The Morgan fingerprint density at radius 2 is 2.14 bits per heavy atom. The SMILES string of the molecule is COC(=O)CNc1ccccc1F.Cl. The fourth-order valence-corrected chi connectivity index (χ4v) is 0.844. The Morgan fingerprint density at radius 3 is 2.71 bits per heavy atom. The first kappa shape index (κ1) is 12.7. The summed E-state index contributed by atoms with van der Waals surface area (Å²) in [4.78, 5) is 10.7. The summed E-state index contributed by atoms with van der Waals surface area (Å²) >= 11 is 0. The van der Waals surface area contributed by atoms with Gasteiger partial charge in [0, 0.05) is 0 Å². The monoisotopic (exact) mass is 219 g/mol. The molecule has 0 aromatic heterocycles. The van der Waals surface area contributed by atoms with Gasteiger partial charge in [0.2, 0.25) is 0 Å². The molecule has 0 unspecified atom stereocenters. The van der Waals surface area contributed by atoms with Crippen LogP contribution in [-0.2, 0) is 9.53 Å². The lowest BCUT2D eigenvalue weighted by molar-refractivity contribution is -0.138. The molecule has 5 heteroatoms. The number of ether oxygens (including phenoxy) is 1. The van der Waals surface area contributed by atoms with Gasteiger partial charge in [-0.25, -0.2) is 4.39 Å². The first-order valence-electron chi connectivity index (χ1n) is 3.79. The number of halogens is 2. The predicted molar refractivity (Wildman–Crippen MR) is 54.2 cm³/mol. The van der Waals surface area contributed by atoms with E-state index in [-0.39, 0.29) is 24.8 Å². The second kappa shape index (κ2) is 6.21. The lowest BCUT2D eigenvalue weighted by atomic mass is 10.3. The van der Waals surface area contributed by atoms with Crippen LogP contribution in [0.15, 0.2) is 24.3 Å². The summed E-state index contributed by atoms with van der Waals surface area (Å²) < 4.78 is 17.3. The van der Waals surface area contributed by atoms with E-state index in [1.54, 1.807) is 18.2 Å². The van der Waals surface area contributed by atoms with E-state index in [0.29, 0.717) is 5.69 Å². The van der Waals surface area contributed by atoms with Crippen molar-refractivity contribution < 1.29 is 13.9 Å². The van der Waals surface area contributed by atoms with Crippen LogP contribution in [0.4, 0.5) is 10.1 Å². The van der Waals surface area contributed by atoms with Gasteiger partial charge in [0.15, 0.2) is 0 Å². The van der Waals surface area contributed by atoms with Crippen molar-refractivity contribution in [1.82, 2.24) is 0 Å². The van der Waals surface area contributed by atoms with E-state index in [0.717, 1.165) is 0 Å². The lowest BCUT2D eigenvalue weighted by Crippen LogP contribution is -2.15. The highest BCUT2D eigenvalue weighted by Gasteiger charge is 2.02. The normalized spacial score (nSPS) is 8.71. The molecule has 0 bridgehead atoms. The van der Waals surface area contributed by atoms with E-state index >= 15 is 0 Å². The molecule has 0 radical (unpaired) electrons. The van der Waals surface area contributed by atoms with Crippen molar-refractivity contribution >= 4 is 24.1 Å². The highest BCUT2D eigenvalue weighted by atomic mass is 35.5. The van der Waals surface area contributed by atoms with Gasteiger partial charge >= 0.3 is 5.97 Å². The average Bonchev–Trinajstić information content (AvgIpc) is 2.16. The Labute approximate surface area is 87.7 Å². The number of esters is 1. The van der Waals surface area contributed by atoms with Crippen LogP contribution in [-0.4, -0.2) is 19.6 Å². The van der Waals surface area contributed by atoms with Crippen LogP contribution in [0, 0.1) is 5.82 Å². The van der Waals surface area contributed by atoms with Crippen LogP contribution >= 0.6 is 12.4 Å². The molecule has 1 rings (SSSR count). The van der Waals surface area contributed by atoms with E-state index in [4.69, 9.17) is 0 Å². The molecule has 0 amide bonds. The number of nitrogens with one attached hydrogen (secondary N) is 1. The van der Waals surface area contributed by atoms with Crippen LogP contribution in [0.5, 0.6) is 0 Å². The zero-order chi connectivity index (χ0) is 9.68. The summed E-state index contributed by atoms with van der Waals surface area (Å²) in [6, 6.07) is 6.14. The summed E-state index contributed by atoms with van der Waals surface area (Å²) in [5.74, 6) is -0.811. The number of carbonyl (C=O) groups excluding carboxylic acids is 1. The maximum atomic E-state index is 12.9. The van der Waals surface area contributed by atoms with Crippen molar-refractivity contribution in [2.24, 2.45) is 0 Å². The Hall–Kier alpha value is -1.29. The molecule has 0 fully saturated rings. The van der Waals surface area contributed by atoms with Crippen molar-refractivity contribution in [3.05, 3.63) is 30.1 Å². The van der Waals surface area contributed by atoms with Gasteiger partial charge in [0.1, 0.15) is 12.4 Å². The van der Waals surface area contributed by atoms with Crippen LogP contribution < -0.4 is 5.32 Å². The molecule has 0 saturated carbocycles. The minimum Gasteiger partial charge on any atom is -0.468 e. The van der Waals surface area contributed by atoms with Crippen LogP contribution in [0.3, 0.4) is 0 Å². The van der Waals surface area contributed by atoms with Crippen LogP contribution in [0.25, 0.3) is 0 Å². The first-order chi connectivity index (χ1) is 6.24. The molecule has 1 aromatic rings. The third kappa shape index (κ3) is 3.62. The lowest BCUT2D eigenvalue weighted by Gasteiger charge is -2.04. The van der Waals surface area contributed by atoms with Gasteiger partial charge in [0.25, 0.3) is 0 Å². The van der Waals surface area contributed by atoms with E-state index in [2.05, 4.69) is 10.1 Å². The van der Waals surface area contributed by atoms with Crippen molar-refractivity contribution in [2.75, 3.05) is 19.0 Å². The summed E-state index contributed by atoms with van der Waals surface area (Å²) in [7, 11) is 1.28. The maximum absolute atomic E-state index is 12.9. The van der Waals surface area contributed by atoms with Crippen molar-refractivity contribution in [2.45, 2.75) is 0 Å². The standard InChI is InChI=1S/C9H10FNO2.ClH/c1-13-9(12)6-11-8-5-3-2-4-7(8)10;/h2-5,11H,6H2,1H3;1H. The summed E-state index contributed by atoms with van der Waals surface area (Å²) in [6.45, 7) is -0.0303. The number of hydrogen-bond donors (Lipinski definition) is 1. The molecule has 14 heavy (non-hydrogen) atoms. The average molecular weight is 220 g/mol. The topological polar surface area (TPSA) is 38.3 Å². The first-order valence-corrected chi connectivity index (χ1v) is 3.79. The molecule has 78 valence electrons. The van der Waals surface area contributed by atoms with Gasteiger partial charge in [-0.2, -0.15) is 0 Å². The zero-order valence-corrected chi connectivity index (χ0v) is 8.44. The number of benzene rings is 1. The Balaban J connectivity index is 0.00000169. The molecule has 3 nitrogen and oxygen atoms in total. The molecule has 1 aromatic carbocycles. The fourth-order valence-electron chi connectivity index (χ4n) is 0.844. The van der Waals surface area contributed by atoms with Gasteiger partial charge < -0.3 is 10.1 Å². The van der Waals surface area contributed by atoms with Crippen molar-refractivity contribution in [3.63, 3.8) is 0 Å². The molecule has 0 atom stereocenters. The Bertz CT molecular complexity index is 307. The second-order valence-corrected chi connectivity index (χ2v) is 2.41. The van der Waals surface area contributed by atoms with Gasteiger partial charge in [0.05, 0.1) is 12.8 Å². The highest BCUT2D eigenvalue weighted by molar-refractivity contribution is 5.85. The molecule has 0 aliphatic carbocycles. The smallest absolute Gasteiger partial charge is 0.325 e. The van der Waals surface area contributed by atoms with Gasteiger partial charge in [-0.15, -0.1) is 12.4 Å². The van der Waals surface area contributed by atoms with E-state index < -0.39 is 5.97 Å². The molecular formula is C9H11ClFNO2. The van der Waals surface area contributed by atoms with Crippen LogP contribution in [0.1, 0.15) is 0 Å². The van der Waals surface area contributed by atoms with Gasteiger partial charge in [-0.1, -0.05) is 12.1 Å². The molecule has 0 spiro atoms. The van der Waals surface area contributed by atoms with Gasteiger partial charge in [-0.3, -0.25) is 4.79 Å². The minimum atomic E-state index is -0.428. The van der Waals surface area contributed by atoms with Crippen molar-refractivity contribution in [3.8, 4) is 0 Å². The molecule has 0 aliphatic rings. The minimum absolute atomic E-state index is 0. The Morgan fingerprint density at radius 1 is 1.50 bits per heavy atom. The third-order valence-electron chi connectivity index (χ3n) is 1.52. The van der Waals surface area contributed by atoms with E-state index in [9.17, 15) is 9.18 Å². The summed E-state index contributed by atoms with van der Waals surface area (Å²) in [5.41, 5.74) is 0.299. The molecule has 0 heterocycles. The fraction of sp³-hybridized carbons (Fsp3) is 0.222. The number of rotatable bonds is 3. The maximum Gasteiger partial charge on any atom is 0.325 e. The molecule has 1 N–H and O–H groups in total. The summed E-state index contributed by atoms with van der Waals surface area (Å²) in [5, 5.41) is 2.61. The number of para-hydroxylation sites is 1. The summed E-state index contributed by atoms with van der Waals surface area (Å²) in [6.07, 6.45) is 0. The number of hydrogen-bond acceptors (Lipinski definition) is 3. The quantitative estimate of drug-likeness (QED) is 0.789. The molecule has 0 saturated heterocycles. The predicted octanol–water partition coefficient (Wildman–Crippen LogP) is 1.83. The zero-order valence-electron chi connectivity index (χ0n) is 7.62. The largest absolute Gasteiger partial charge is 0.468 e. The van der Waals surface area contributed by atoms with Crippen molar-refractivity contribution in [1.29, 1.82) is 0 Å². The van der Waals surface area contributed by atoms with E-state index in [1.165, 1.54) is 13.2 Å². The third-order valence-corrected chi connectivity index (χ3v) is 1.52. The van der Waals surface area contributed by atoms with E-state index in [1.807, 2.05) is 0 Å².